The molecule has 1 fully saturated rings. The van der Waals surface area contributed by atoms with Crippen LogP contribution in [0.1, 0.15) is 30.4 Å². The van der Waals surface area contributed by atoms with E-state index in [-0.39, 0.29) is 30.3 Å². The van der Waals surface area contributed by atoms with Crippen LogP contribution in [0.5, 0.6) is 0 Å². The lowest BCUT2D eigenvalue weighted by molar-refractivity contribution is -0.142. The Hall–Kier alpha value is -3.21. The summed E-state index contributed by atoms with van der Waals surface area (Å²) in [5.74, 6) is 0.00948. The summed E-state index contributed by atoms with van der Waals surface area (Å²) in [5.41, 5.74) is 2.90. The number of ether oxygens (including phenoxy) is 1. The molecular weight excluding hydrogens is 340 g/mol. The monoisotopic (exact) mass is 360 g/mol. The lowest BCUT2D eigenvalue weighted by atomic mass is 10.1. The summed E-state index contributed by atoms with van der Waals surface area (Å²) in [4.78, 5) is 27.5. The van der Waals surface area contributed by atoms with Gasteiger partial charge in [0.05, 0.1) is 0 Å². The van der Waals surface area contributed by atoms with Crippen LogP contribution in [0.2, 0.25) is 0 Å². The minimum atomic E-state index is -0.289. The molecule has 136 valence electrons. The zero-order valence-electron chi connectivity index (χ0n) is 15.0. The third-order valence-electron chi connectivity index (χ3n) is 4.89. The van der Waals surface area contributed by atoms with E-state index in [9.17, 15) is 9.59 Å². The van der Waals surface area contributed by atoms with Gasteiger partial charge in [0.15, 0.2) is 0 Å². The first-order chi connectivity index (χ1) is 13.1. The van der Waals surface area contributed by atoms with Crippen molar-refractivity contribution >= 4 is 28.3 Å². The van der Waals surface area contributed by atoms with E-state index in [1.54, 1.807) is 6.20 Å². The molecule has 0 unspecified atom stereocenters. The maximum atomic E-state index is 12.6. The zero-order valence-corrected chi connectivity index (χ0v) is 15.0. The summed E-state index contributed by atoms with van der Waals surface area (Å²) in [7, 11) is 0. The van der Waals surface area contributed by atoms with Gasteiger partial charge in [0.2, 0.25) is 5.91 Å². The maximum absolute atomic E-state index is 12.6. The lowest BCUT2D eigenvalue weighted by Gasteiger charge is -2.07. The van der Waals surface area contributed by atoms with E-state index in [0.717, 1.165) is 34.0 Å². The molecule has 0 radical (unpaired) electrons. The number of benzene rings is 2. The summed E-state index contributed by atoms with van der Waals surface area (Å²) in [6, 6.07) is 15.7. The Morgan fingerprint density at radius 1 is 1.11 bits per heavy atom. The van der Waals surface area contributed by atoms with Crippen molar-refractivity contribution in [2.24, 2.45) is 5.92 Å². The van der Waals surface area contributed by atoms with E-state index in [1.807, 2.05) is 54.7 Å². The second-order valence-corrected chi connectivity index (χ2v) is 6.90. The predicted octanol–water partition coefficient (Wildman–Crippen LogP) is 4.04. The summed E-state index contributed by atoms with van der Waals surface area (Å²) >= 11 is 0. The third-order valence-corrected chi connectivity index (χ3v) is 4.89. The van der Waals surface area contributed by atoms with Gasteiger partial charge in [-0.1, -0.05) is 30.3 Å². The number of anilines is 1. The van der Waals surface area contributed by atoms with Crippen LogP contribution in [-0.2, 0) is 20.9 Å². The zero-order chi connectivity index (χ0) is 18.8. The molecule has 1 aliphatic rings. The molecular formula is C22H20N2O3. The number of carbonyl (C=O) groups is 2. The van der Waals surface area contributed by atoms with Crippen molar-refractivity contribution in [2.45, 2.75) is 25.9 Å². The third kappa shape index (κ3) is 3.97. The van der Waals surface area contributed by atoms with Crippen LogP contribution >= 0.6 is 0 Å². The number of rotatable bonds is 5. The number of nitrogens with zero attached hydrogens (tertiary/aromatic N) is 1. The van der Waals surface area contributed by atoms with E-state index < -0.39 is 0 Å². The van der Waals surface area contributed by atoms with Crippen molar-refractivity contribution < 1.29 is 14.3 Å². The molecule has 1 N–H and O–H groups in total. The topological polar surface area (TPSA) is 68.3 Å². The molecule has 1 amide bonds. The predicted molar refractivity (Wildman–Crippen MR) is 103 cm³/mol. The van der Waals surface area contributed by atoms with E-state index >= 15 is 0 Å². The van der Waals surface area contributed by atoms with Crippen molar-refractivity contribution in [1.29, 1.82) is 0 Å². The van der Waals surface area contributed by atoms with E-state index in [4.69, 9.17) is 4.74 Å². The van der Waals surface area contributed by atoms with Gasteiger partial charge in [-0.2, -0.15) is 0 Å². The van der Waals surface area contributed by atoms with Crippen molar-refractivity contribution in [1.82, 2.24) is 4.98 Å². The fourth-order valence-electron chi connectivity index (χ4n) is 3.30. The molecule has 1 heterocycles. The fraction of sp³-hybridized carbons (Fsp3) is 0.227. The number of hydrogen-bond acceptors (Lipinski definition) is 4. The molecule has 0 saturated heterocycles. The molecule has 1 saturated carbocycles. The summed E-state index contributed by atoms with van der Waals surface area (Å²) in [6.07, 6.45) is 4.41. The number of esters is 1. The molecule has 0 aliphatic heterocycles. The van der Waals surface area contributed by atoms with E-state index in [0.29, 0.717) is 0 Å². The molecule has 27 heavy (non-hydrogen) atoms. The summed E-state index contributed by atoms with van der Waals surface area (Å²) in [5, 5.41) is 5.13. The molecule has 3 aromatic rings. The second kappa shape index (κ2) is 7.19. The standard InChI is InChI=1S/C22H20N2O3/c1-14(25)27-13-15-2-4-16(5-3-15)20-11-21(20)22(26)24-19-7-6-18-12-23-9-8-17(18)10-19/h2-10,12,20-21H,11,13H2,1H3,(H,24,26)/t20-,21+/m0/s1. The van der Waals surface area contributed by atoms with Gasteiger partial charge < -0.3 is 10.1 Å². The molecule has 1 aromatic heterocycles. The number of fused-ring (bicyclic) bond motifs is 1. The maximum Gasteiger partial charge on any atom is 0.302 e. The van der Waals surface area contributed by atoms with Crippen LogP contribution in [0.4, 0.5) is 5.69 Å². The highest BCUT2D eigenvalue weighted by Crippen LogP contribution is 2.48. The van der Waals surface area contributed by atoms with Crippen LogP contribution in [0, 0.1) is 5.92 Å². The van der Waals surface area contributed by atoms with Crippen LogP contribution in [0.25, 0.3) is 10.8 Å². The van der Waals surface area contributed by atoms with Gasteiger partial charge in [0.25, 0.3) is 0 Å². The Balaban J connectivity index is 1.37. The van der Waals surface area contributed by atoms with Gasteiger partial charge in [-0.05, 0) is 47.1 Å². The first-order valence-corrected chi connectivity index (χ1v) is 8.97. The number of carbonyl (C=O) groups excluding carboxylic acids is 2. The molecule has 4 rings (SSSR count). The first kappa shape index (κ1) is 17.2. The van der Waals surface area contributed by atoms with Crippen LogP contribution < -0.4 is 5.32 Å². The van der Waals surface area contributed by atoms with E-state index in [2.05, 4.69) is 10.3 Å². The summed E-state index contributed by atoms with van der Waals surface area (Å²) in [6.45, 7) is 1.68. The smallest absolute Gasteiger partial charge is 0.302 e. The van der Waals surface area contributed by atoms with Crippen LogP contribution in [0.15, 0.2) is 60.9 Å². The minimum Gasteiger partial charge on any atom is -0.461 e. The number of amides is 1. The molecule has 5 heteroatoms. The van der Waals surface area contributed by atoms with Crippen LogP contribution in [-0.4, -0.2) is 16.9 Å². The Kier molecular flexibility index (Phi) is 4.59. The van der Waals surface area contributed by atoms with Crippen molar-refractivity contribution in [3.05, 3.63) is 72.1 Å². The largest absolute Gasteiger partial charge is 0.461 e. The normalized spacial score (nSPS) is 18.1. The van der Waals surface area contributed by atoms with Crippen molar-refractivity contribution in [3.63, 3.8) is 0 Å². The highest BCUT2D eigenvalue weighted by molar-refractivity contribution is 5.97. The number of aromatic nitrogens is 1. The number of hydrogen-bond donors (Lipinski definition) is 1. The highest BCUT2D eigenvalue weighted by atomic mass is 16.5. The molecule has 2 atom stereocenters. The Labute approximate surface area is 157 Å². The van der Waals surface area contributed by atoms with Gasteiger partial charge >= 0.3 is 5.97 Å². The lowest BCUT2D eigenvalue weighted by Crippen LogP contribution is -2.14. The van der Waals surface area contributed by atoms with Crippen molar-refractivity contribution in [2.75, 3.05) is 5.32 Å². The second-order valence-electron chi connectivity index (χ2n) is 6.90. The van der Waals surface area contributed by atoms with Gasteiger partial charge in [0, 0.05) is 36.3 Å². The fourth-order valence-corrected chi connectivity index (χ4v) is 3.30. The Morgan fingerprint density at radius 2 is 1.93 bits per heavy atom. The average Bonchev–Trinajstić information content (AvgIpc) is 3.48. The summed E-state index contributed by atoms with van der Waals surface area (Å²) < 4.78 is 4.99. The van der Waals surface area contributed by atoms with Gasteiger partial charge in [-0.15, -0.1) is 0 Å². The highest BCUT2D eigenvalue weighted by Gasteiger charge is 2.43. The van der Waals surface area contributed by atoms with E-state index in [1.165, 1.54) is 6.92 Å². The quantitative estimate of drug-likeness (QED) is 0.697. The van der Waals surface area contributed by atoms with Gasteiger partial charge in [-0.25, -0.2) is 0 Å². The Bertz CT molecular complexity index is 998. The Morgan fingerprint density at radius 3 is 2.70 bits per heavy atom. The van der Waals surface area contributed by atoms with Crippen molar-refractivity contribution in [3.8, 4) is 0 Å². The van der Waals surface area contributed by atoms with Gasteiger partial charge in [-0.3, -0.25) is 14.6 Å². The number of nitrogens with one attached hydrogen (secondary N) is 1. The first-order valence-electron chi connectivity index (χ1n) is 8.97. The minimum absolute atomic E-state index is 0.00236. The molecule has 0 spiro atoms. The molecule has 0 bridgehead atoms. The molecule has 1 aliphatic carbocycles. The molecule has 5 nitrogen and oxygen atoms in total. The van der Waals surface area contributed by atoms with Crippen LogP contribution in [0.3, 0.4) is 0 Å². The van der Waals surface area contributed by atoms with Gasteiger partial charge in [0.1, 0.15) is 6.61 Å². The average molecular weight is 360 g/mol. The number of pyridine rings is 1. The molecule has 2 aromatic carbocycles. The SMILES string of the molecule is CC(=O)OCc1ccc([C@@H]2C[C@H]2C(=O)Nc2ccc3cnccc3c2)cc1.